The lowest BCUT2D eigenvalue weighted by Gasteiger charge is -2.14. The molecule has 3 nitrogen and oxygen atoms in total. The number of methoxy groups -OCH3 is 1. The number of carboxylic acid groups (broad SMARTS) is 1. The smallest absolute Gasteiger partial charge is 0.303 e. The predicted molar refractivity (Wildman–Crippen MR) is 58.4 cm³/mol. The van der Waals surface area contributed by atoms with Crippen LogP contribution in [0.15, 0.2) is 18.2 Å². The number of hydrogen-bond acceptors (Lipinski definition) is 2. The molecule has 0 aliphatic carbocycles. The van der Waals surface area contributed by atoms with Gasteiger partial charge in [0.1, 0.15) is 5.75 Å². The highest BCUT2D eigenvalue weighted by molar-refractivity contribution is 5.68. The van der Waals surface area contributed by atoms with Crippen LogP contribution in [0.1, 0.15) is 30.4 Å². The summed E-state index contributed by atoms with van der Waals surface area (Å²) in [6, 6.07) is 5.81. The maximum absolute atomic E-state index is 10.6. The fourth-order valence-electron chi connectivity index (χ4n) is 1.61. The maximum Gasteiger partial charge on any atom is 0.303 e. The lowest BCUT2D eigenvalue weighted by Crippen LogP contribution is -2.04. The van der Waals surface area contributed by atoms with Gasteiger partial charge in [0.25, 0.3) is 0 Å². The largest absolute Gasteiger partial charge is 0.496 e. The van der Waals surface area contributed by atoms with Gasteiger partial charge in [-0.05, 0) is 24.5 Å². The Kier molecular flexibility index (Phi) is 3.72. The molecule has 0 amide bonds. The van der Waals surface area contributed by atoms with Crippen LogP contribution in [0.5, 0.6) is 5.75 Å². The second-order valence-corrected chi connectivity index (χ2v) is 3.74. The van der Waals surface area contributed by atoms with Crippen molar-refractivity contribution in [3.63, 3.8) is 0 Å². The van der Waals surface area contributed by atoms with Gasteiger partial charge in [-0.1, -0.05) is 24.6 Å². The van der Waals surface area contributed by atoms with Crippen molar-refractivity contribution in [1.29, 1.82) is 0 Å². The quantitative estimate of drug-likeness (QED) is 0.827. The third kappa shape index (κ3) is 2.98. The molecule has 1 unspecified atom stereocenters. The fraction of sp³-hybridized carbons (Fsp3) is 0.417. The molecule has 1 aromatic rings. The van der Waals surface area contributed by atoms with Crippen LogP contribution < -0.4 is 4.74 Å². The molecule has 0 bridgehead atoms. The van der Waals surface area contributed by atoms with Crippen molar-refractivity contribution < 1.29 is 14.6 Å². The summed E-state index contributed by atoms with van der Waals surface area (Å²) in [6.07, 6.45) is 0.125. The summed E-state index contributed by atoms with van der Waals surface area (Å²) in [5.41, 5.74) is 2.07. The van der Waals surface area contributed by atoms with Crippen LogP contribution in [0.4, 0.5) is 0 Å². The second kappa shape index (κ2) is 4.82. The highest BCUT2D eigenvalue weighted by atomic mass is 16.5. The number of benzene rings is 1. The highest BCUT2D eigenvalue weighted by Crippen LogP contribution is 2.29. The molecule has 1 rings (SSSR count). The van der Waals surface area contributed by atoms with Crippen molar-refractivity contribution in [2.24, 2.45) is 0 Å². The van der Waals surface area contributed by atoms with Crippen molar-refractivity contribution in [1.82, 2.24) is 0 Å². The van der Waals surface area contributed by atoms with Crippen molar-refractivity contribution in [2.45, 2.75) is 26.2 Å². The Labute approximate surface area is 89.7 Å². The van der Waals surface area contributed by atoms with Crippen LogP contribution in [-0.2, 0) is 4.79 Å². The Bertz CT molecular complexity index is 358. The van der Waals surface area contributed by atoms with E-state index < -0.39 is 5.97 Å². The number of aryl methyl sites for hydroxylation is 1. The molecule has 0 heterocycles. The lowest BCUT2D eigenvalue weighted by molar-refractivity contribution is -0.137. The van der Waals surface area contributed by atoms with Crippen molar-refractivity contribution >= 4 is 5.97 Å². The van der Waals surface area contributed by atoms with Crippen LogP contribution in [0, 0.1) is 6.92 Å². The molecule has 0 saturated carbocycles. The average Bonchev–Trinajstić information content (AvgIpc) is 2.16. The molecular formula is C12H16O3. The number of carbonyl (C=O) groups is 1. The molecule has 0 fully saturated rings. The SMILES string of the molecule is COc1ccc(C)cc1C(C)CC(=O)O. The Morgan fingerprint density at radius 1 is 1.53 bits per heavy atom. The first-order valence-electron chi connectivity index (χ1n) is 4.91. The third-order valence-corrected chi connectivity index (χ3v) is 2.40. The van der Waals surface area contributed by atoms with Gasteiger partial charge < -0.3 is 9.84 Å². The van der Waals surface area contributed by atoms with Crippen molar-refractivity contribution in [3.05, 3.63) is 29.3 Å². The minimum Gasteiger partial charge on any atom is -0.496 e. The Balaban J connectivity index is 2.99. The monoisotopic (exact) mass is 208 g/mol. The fourth-order valence-corrected chi connectivity index (χ4v) is 1.61. The number of ether oxygens (including phenoxy) is 1. The van der Waals surface area contributed by atoms with E-state index in [2.05, 4.69) is 0 Å². The van der Waals surface area contributed by atoms with E-state index in [1.807, 2.05) is 32.0 Å². The van der Waals surface area contributed by atoms with E-state index in [1.165, 1.54) is 0 Å². The van der Waals surface area contributed by atoms with Gasteiger partial charge in [-0.25, -0.2) is 0 Å². The lowest BCUT2D eigenvalue weighted by atomic mass is 9.95. The molecule has 3 heteroatoms. The summed E-state index contributed by atoms with van der Waals surface area (Å²) in [5.74, 6) is -0.0576. The molecule has 82 valence electrons. The highest BCUT2D eigenvalue weighted by Gasteiger charge is 2.14. The van der Waals surface area contributed by atoms with Crippen LogP contribution in [0.3, 0.4) is 0 Å². The first-order valence-corrected chi connectivity index (χ1v) is 4.91. The summed E-state index contributed by atoms with van der Waals surface area (Å²) in [7, 11) is 1.60. The van der Waals surface area contributed by atoms with Gasteiger partial charge in [0.05, 0.1) is 13.5 Å². The van der Waals surface area contributed by atoms with Crippen molar-refractivity contribution in [3.8, 4) is 5.75 Å². The van der Waals surface area contributed by atoms with E-state index in [-0.39, 0.29) is 12.3 Å². The molecule has 0 radical (unpaired) electrons. The molecule has 0 aromatic heterocycles. The first-order chi connectivity index (χ1) is 7.04. The molecule has 0 aliphatic heterocycles. The maximum atomic E-state index is 10.6. The van der Waals surface area contributed by atoms with Crippen LogP contribution in [-0.4, -0.2) is 18.2 Å². The Morgan fingerprint density at radius 2 is 2.20 bits per heavy atom. The van der Waals surface area contributed by atoms with E-state index in [9.17, 15) is 4.79 Å². The first kappa shape index (κ1) is 11.6. The van der Waals surface area contributed by atoms with E-state index in [0.717, 1.165) is 16.9 Å². The molecule has 0 spiro atoms. The molecule has 15 heavy (non-hydrogen) atoms. The van der Waals surface area contributed by atoms with Crippen LogP contribution in [0.2, 0.25) is 0 Å². The van der Waals surface area contributed by atoms with E-state index in [4.69, 9.17) is 9.84 Å². The summed E-state index contributed by atoms with van der Waals surface area (Å²) in [4.78, 5) is 10.6. The van der Waals surface area contributed by atoms with Crippen molar-refractivity contribution in [2.75, 3.05) is 7.11 Å². The van der Waals surface area contributed by atoms with Gasteiger partial charge in [0.2, 0.25) is 0 Å². The summed E-state index contributed by atoms with van der Waals surface area (Å²) in [5, 5.41) is 8.74. The molecule has 0 saturated heterocycles. The molecule has 1 N–H and O–H groups in total. The van der Waals surface area contributed by atoms with Crippen LogP contribution >= 0.6 is 0 Å². The normalized spacial score (nSPS) is 12.2. The molecule has 1 atom stereocenters. The van der Waals surface area contributed by atoms with Gasteiger partial charge in [-0.15, -0.1) is 0 Å². The van der Waals surface area contributed by atoms with Gasteiger partial charge in [-0.3, -0.25) is 4.79 Å². The van der Waals surface area contributed by atoms with E-state index in [0.29, 0.717) is 0 Å². The van der Waals surface area contributed by atoms with Gasteiger partial charge >= 0.3 is 5.97 Å². The minimum atomic E-state index is -0.786. The molecule has 1 aromatic carbocycles. The Hall–Kier alpha value is -1.51. The predicted octanol–water partition coefficient (Wildman–Crippen LogP) is 2.58. The topological polar surface area (TPSA) is 46.5 Å². The van der Waals surface area contributed by atoms with E-state index >= 15 is 0 Å². The number of rotatable bonds is 4. The minimum absolute atomic E-state index is 0.0302. The molecular weight excluding hydrogens is 192 g/mol. The van der Waals surface area contributed by atoms with Gasteiger partial charge in [0.15, 0.2) is 0 Å². The zero-order chi connectivity index (χ0) is 11.4. The zero-order valence-corrected chi connectivity index (χ0v) is 9.28. The summed E-state index contributed by atoms with van der Waals surface area (Å²) in [6.45, 7) is 3.88. The summed E-state index contributed by atoms with van der Waals surface area (Å²) < 4.78 is 5.21. The van der Waals surface area contributed by atoms with Gasteiger partial charge in [-0.2, -0.15) is 0 Å². The summed E-state index contributed by atoms with van der Waals surface area (Å²) >= 11 is 0. The third-order valence-electron chi connectivity index (χ3n) is 2.40. The van der Waals surface area contributed by atoms with Crippen LogP contribution in [0.25, 0.3) is 0 Å². The molecule has 0 aliphatic rings. The average molecular weight is 208 g/mol. The number of hydrogen-bond donors (Lipinski definition) is 1. The Morgan fingerprint density at radius 3 is 2.73 bits per heavy atom. The van der Waals surface area contributed by atoms with Gasteiger partial charge in [0, 0.05) is 0 Å². The second-order valence-electron chi connectivity index (χ2n) is 3.74. The standard InChI is InChI=1S/C12H16O3/c1-8-4-5-11(15-3)10(6-8)9(2)7-12(13)14/h4-6,9H,7H2,1-3H3,(H,13,14). The van der Waals surface area contributed by atoms with E-state index in [1.54, 1.807) is 7.11 Å². The number of carboxylic acids is 1. The zero-order valence-electron chi connectivity index (χ0n) is 9.28. The number of aliphatic carboxylic acids is 1.